The number of hydrazone groups is 1. The molecular formula is C22H22ClN3OS. The predicted octanol–water partition coefficient (Wildman–Crippen LogP) is 5.38. The van der Waals surface area contributed by atoms with E-state index in [9.17, 15) is 4.79 Å². The van der Waals surface area contributed by atoms with E-state index in [2.05, 4.69) is 15.1 Å². The summed E-state index contributed by atoms with van der Waals surface area (Å²) in [6.45, 7) is 5.89. The fraction of sp³-hybridized carbons (Fsp3) is 0.182. The number of nitrogens with one attached hydrogen (secondary N) is 1. The van der Waals surface area contributed by atoms with Crippen molar-refractivity contribution in [1.29, 1.82) is 0 Å². The minimum Gasteiger partial charge on any atom is -0.316 e. The maximum Gasteiger partial charge on any atom is 0.253 e. The number of aromatic nitrogens is 1. The molecule has 1 atom stereocenters. The molecule has 2 aromatic carbocycles. The minimum absolute atomic E-state index is 0.134. The fourth-order valence-electron chi connectivity index (χ4n) is 2.94. The summed E-state index contributed by atoms with van der Waals surface area (Å²) in [4.78, 5) is 13.3. The molecule has 28 heavy (non-hydrogen) atoms. The van der Waals surface area contributed by atoms with E-state index in [1.165, 1.54) is 11.8 Å². The number of thioether (sulfide) groups is 1. The number of carbonyl (C=O) groups excluding carboxylic acids is 1. The highest BCUT2D eigenvalue weighted by molar-refractivity contribution is 8.00. The van der Waals surface area contributed by atoms with Crippen LogP contribution < -0.4 is 5.43 Å². The summed E-state index contributed by atoms with van der Waals surface area (Å²) in [6.07, 6.45) is 1.67. The standard InChI is InChI=1S/C22H22ClN3OS/c1-15-13-18(16(2)26(15)21-12-8-7-11-20(21)23)14-24-25-22(27)17(3)28-19-9-5-4-6-10-19/h4-14,17H,1-3H3,(H,25,27)/b24-14-/t17-/m1/s1. The number of nitrogens with zero attached hydrogens (tertiary/aromatic N) is 2. The number of rotatable bonds is 6. The van der Waals surface area contributed by atoms with Gasteiger partial charge in [-0.1, -0.05) is 41.9 Å². The van der Waals surface area contributed by atoms with E-state index >= 15 is 0 Å². The highest BCUT2D eigenvalue weighted by atomic mass is 35.5. The third-order valence-electron chi connectivity index (χ3n) is 4.37. The summed E-state index contributed by atoms with van der Waals surface area (Å²) in [6, 6.07) is 19.6. The van der Waals surface area contributed by atoms with Gasteiger partial charge in [-0.15, -0.1) is 11.8 Å². The Morgan fingerprint density at radius 2 is 1.82 bits per heavy atom. The van der Waals surface area contributed by atoms with Crippen LogP contribution in [-0.4, -0.2) is 21.9 Å². The Labute approximate surface area is 174 Å². The van der Waals surface area contributed by atoms with Crippen molar-refractivity contribution < 1.29 is 4.79 Å². The van der Waals surface area contributed by atoms with Crippen LogP contribution >= 0.6 is 23.4 Å². The summed E-state index contributed by atoms with van der Waals surface area (Å²) >= 11 is 7.85. The van der Waals surface area contributed by atoms with Crippen LogP contribution in [0.15, 0.2) is 70.7 Å². The van der Waals surface area contributed by atoms with Crippen molar-refractivity contribution in [2.45, 2.75) is 30.9 Å². The van der Waals surface area contributed by atoms with Crippen molar-refractivity contribution in [1.82, 2.24) is 9.99 Å². The maximum atomic E-state index is 12.3. The molecule has 0 aliphatic heterocycles. The minimum atomic E-state index is -0.241. The zero-order valence-electron chi connectivity index (χ0n) is 16.0. The van der Waals surface area contributed by atoms with Crippen molar-refractivity contribution in [2.24, 2.45) is 5.10 Å². The van der Waals surface area contributed by atoms with Crippen molar-refractivity contribution >= 4 is 35.5 Å². The molecule has 0 bridgehead atoms. The van der Waals surface area contributed by atoms with Crippen molar-refractivity contribution in [3.8, 4) is 5.69 Å². The van der Waals surface area contributed by atoms with Crippen LogP contribution in [0.4, 0.5) is 0 Å². The first-order valence-electron chi connectivity index (χ1n) is 8.96. The van der Waals surface area contributed by atoms with Gasteiger partial charge in [0.15, 0.2) is 0 Å². The van der Waals surface area contributed by atoms with Crippen LogP contribution in [-0.2, 0) is 4.79 Å². The Hall–Kier alpha value is -2.50. The molecule has 1 amide bonds. The van der Waals surface area contributed by atoms with E-state index in [1.54, 1.807) is 6.21 Å². The SMILES string of the molecule is Cc1cc(/C=N\NC(=O)[C@@H](C)Sc2ccccc2)c(C)n1-c1ccccc1Cl. The number of hydrogen-bond donors (Lipinski definition) is 1. The zero-order chi connectivity index (χ0) is 20.1. The van der Waals surface area contributed by atoms with Crippen LogP contribution in [0.2, 0.25) is 5.02 Å². The van der Waals surface area contributed by atoms with Gasteiger partial charge in [-0.3, -0.25) is 4.79 Å². The first-order chi connectivity index (χ1) is 13.5. The lowest BCUT2D eigenvalue weighted by atomic mass is 10.2. The van der Waals surface area contributed by atoms with E-state index in [4.69, 9.17) is 11.6 Å². The quantitative estimate of drug-likeness (QED) is 0.336. The molecule has 3 rings (SSSR count). The first kappa shape index (κ1) is 20.2. The van der Waals surface area contributed by atoms with E-state index in [0.717, 1.165) is 27.5 Å². The number of benzene rings is 2. The number of aryl methyl sites for hydroxylation is 1. The molecule has 1 heterocycles. The Balaban J connectivity index is 1.69. The third-order valence-corrected chi connectivity index (χ3v) is 5.80. The van der Waals surface area contributed by atoms with Crippen molar-refractivity contribution in [3.63, 3.8) is 0 Å². The molecule has 0 fully saturated rings. The molecule has 0 aliphatic carbocycles. The van der Waals surface area contributed by atoms with Gasteiger partial charge in [-0.25, -0.2) is 5.43 Å². The second-order valence-electron chi connectivity index (χ2n) is 6.42. The van der Waals surface area contributed by atoms with E-state index in [1.807, 2.05) is 81.4 Å². The Morgan fingerprint density at radius 3 is 2.54 bits per heavy atom. The number of carbonyl (C=O) groups is 1. The lowest BCUT2D eigenvalue weighted by Gasteiger charge is -2.11. The highest BCUT2D eigenvalue weighted by Crippen LogP contribution is 2.26. The summed E-state index contributed by atoms with van der Waals surface area (Å²) in [5.41, 5.74) is 6.55. The maximum absolute atomic E-state index is 12.3. The van der Waals surface area contributed by atoms with Crippen LogP contribution in [0.1, 0.15) is 23.9 Å². The smallest absolute Gasteiger partial charge is 0.253 e. The van der Waals surface area contributed by atoms with Gasteiger partial charge >= 0.3 is 0 Å². The molecule has 0 aliphatic rings. The molecule has 3 aromatic rings. The lowest BCUT2D eigenvalue weighted by Crippen LogP contribution is -2.26. The number of hydrogen-bond acceptors (Lipinski definition) is 3. The average Bonchev–Trinajstić information content (AvgIpc) is 2.96. The van der Waals surface area contributed by atoms with Crippen molar-refractivity contribution in [3.05, 3.63) is 82.6 Å². The first-order valence-corrected chi connectivity index (χ1v) is 10.2. The van der Waals surface area contributed by atoms with E-state index in [-0.39, 0.29) is 11.2 Å². The van der Waals surface area contributed by atoms with Gasteiger partial charge in [0.1, 0.15) is 0 Å². The van der Waals surface area contributed by atoms with Gasteiger partial charge in [-0.2, -0.15) is 5.10 Å². The molecular weight excluding hydrogens is 390 g/mol. The van der Waals surface area contributed by atoms with Gasteiger partial charge in [-0.05, 0) is 51.1 Å². The molecule has 0 spiro atoms. The fourth-order valence-corrected chi connectivity index (χ4v) is 4.04. The van der Waals surface area contributed by atoms with E-state index < -0.39 is 0 Å². The molecule has 0 unspecified atom stereocenters. The van der Waals surface area contributed by atoms with E-state index in [0.29, 0.717) is 5.02 Å². The summed E-state index contributed by atoms with van der Waals surface area (Å²) < 4.78 is 2.08. The number of amides is 1. The van der Waals surface area contributed by atoms with Crippen LogP contribution in [0.5, 0.6) is 0 Å². The lowest BCUT2D eigenvalue weighted by molar-refractivity contribution is -0.120. The van der Waals surface area contributed by atoms with Gasteiger partial charge < -0.3 is 4.57 Å². The normalized spacial score (nSPS) is 12.3. The zero-order valence-corrected chi connectivity index (χ0v) is 17.6. The molecule has 0 radical (unpaired) electrons. The van der Waals surface area contributed by atoms with Crippen LogP contribution in [0.25, 0.3) is 5.69 Å². The number of halogens is 1. The highest BCUT2D eigenvalue weighted by Gasteiger charge is 2.14. The molecule has 144 valence electrons. The molecule has 0 saturated heterocycles. The van der Waals surface area contributed by atoms with Gasteiger partial charge in [0.25, 0.3) is 5.91 Å². The second-order valence-corrected chi connectivity index (χ2v) is 8.24. The molecule has 1 aromatic heterocycles. The van der Waals surface area contributed by atoms with Crippen molar-refractivity contribution in [2.75, 3.05) is 0 Å². The summed E-state index contributed by atoms with van der Waals surface area (Å²) in [5, 5.41) is 4.60. The monoisotopic (exact) mass is 411 g/mol. The third kappa shape index (κ3) is 4.66. The molecule has 4 nitrogen and oxygen atoms in total. The Morgan fingerprint density at radius 1 is 1.14 bits per heavy atom. The largest absolute Gasteiger partial charge is 0.316 e. The Kier molecular flexibility index (Phi) is 6.60. The van der Waals surface area contributed by atoms with Crippen LogP contribution in [0, 0.1) is 13.8 Å². The predicted molar refractivity (Wildman–Crippen MR) is 118 cm³/mol. The second kappa shape index (κ2) is 9.13. The summed E-state index contributed by atoms with van der Waals surface area (Å²) in [7, 11) is 0. The molecule has 1 N–H and O–H groups in total. The average molecular weight is 412 g/mol. The van der Waals surface area contributed by atoms with Gasteiger partial charge in [0.05, 0.1) is 22.2 Å². The van der Waals surface area contributed by atoms with Gasteiger partial charge in [0, 0.05) is 21.8 Å². The Bertz CT molecular complexity index is 998. The molecule has 6 heteroatoms. The van der Waals surface area contributed by atoms with Crippen LogP contribution in [0.3, 0.4) is 0 Å². The number of para-hydroxylation sites is 1. The van der Waals surface area contributed by atoms with Gasteiger partial charge in [0.2, 0.25) is 0 Å². The molecule has 0 saturated carbocycles. The topological polar surface area (TPSA) is 46.4 Å². The summed E-state index contributed by atoms with van der Waals surface area (Å²) in [5.74, 6) is -0.134.